The van der Waals surface area contributed by atoms with E-state index in [1.165, 1.54) is 212 Å². The molecular weight excluding hydrogens is 925 g/mol. The number of unbranched alkanes of at least 4 members (excludes halogenated alkanes) is 42. The van der Waals surface area contributed by atoms with Crippen LogP contribution < -0.4 is 0 Å². The van der Waals surface area contributed by atoms with Gasteiger partial charge in [0.15, 0.2) is 6.10 Å². The molecule has 0 radical (unpaired) electrons. The van der Waals surface area contributed by atoms with Crippen molar-refractivity contribution in [3.63, 3.8) is 0 Å². The molecule has 0 bridgehead atoms. The Hall–Kier alpha value is -2.63. The fraction of sp³-hybridized carbons (Fsp3) is 0.841. The zero-order chi connectivity index (χ0) is 54.3. The fourth-order valence-electron chi connectivity index (χ4n) is 9.79. The predicted molar refractivity (Wildman–Crippen MR) is 325 cm³/mol. The van der Waals surface area contributed by atoms with Crippen LogP contribution in [0.4, 0.5) is 0 Å². The molecule has 438 valence electrons. The van der Waals surface area contributed by atoms with Crippen molar-refractivity contribution in [1.29, 1.82) is 0 Å². The first-order chi connectivity index (χ1) is 37.0. The van der Waals surface area contributed by atoms with Crippen LogP contribution in [0.25, 0.3) is 0 Å². The standard InChI is InChI=1S/C69H126O6/c1-4-7-10-13-16-19-22-25-28-30-31-32-33-34-35-36-37-38-39-40-42-44-47-50-53-56-59-62-68(71)74-65-66(64-73-67(70)61-58-55-52-49-46-43-27-24-21-18-15-12-9-6-3)75-69(72)63-60-57-54-51-48-45-41-29-26-23-20-17-14-11-8-5-2/h15,18,20,23-24,27,29,41,66H,4-14,16-17,19,21-22,25-26,28,30-40,42-65H2,1-3H3/b18-15-,23-20-,27-24-,41-29-. The van der Waals surface area contributed by atoms with Gasteiger partial charge >= 0.3 is 17.9 Å². The molecule has 0 spiro atoms. The van der Waals surface area contributed by atoms with Gasteiger partial charge in [-0.3, -0.25) is 14.4 Å². The summed E-state index contributed by atoms with van der Waals surface area (Å²) in [6.07, 6.45) is 79.9. The lowest BCUT2D eigenvalue weighted by Gasteiger charge is -2.18. The van der Waals surface area contributed by atoms with Gasteiger partial charge in [-0.15, -0.1) is 0 Å². The lowest BCUT2D eigenvalue weighted by molar-refractivity contribution is -0.167. The summed E-state index contributed by atoms with van der Waals surface area (Å²) >= 11 is 0. The molecule has 1 atom stereocenters. The minimum atomic E-state index is -0.785. The first-order valence-corrected chi connectivity index (χ1v) is 33.1. The van der Waals surface area contributed by atoms with Crippen molar-refractivity contribution in [3.8, 4) is 0 Å². The summed E-state index contributed by atoms with van der Waals surface area (Å²) in [6.45, 7) is 6.61. The first kappa shape index (κ1) is 72.4. The fourth-order valence-corrected chi connectivity index (χ4v) is 9.79. The van der Waals surface area contributed by atoms with Crippen molar-refractivity contribution in [3.05, 3.63) is 48.6 Å². The monoisotopic (exact) mass is 1050 g/mol. The number of carbonyl (C=O) groups is 3. The lowest BCUT2D eigenvalue weighted by atomic mass is 10.0. The zero-order valence-electron chi connectivity index (χ0n) is 50.3. The van der Waals surface area contributed by atoms with Gasteiger partial charge in [0.2, 0.25) is 0 Å². The molecule has 6 nitrogen and oxygen atoms in total. The van der Waals surface area contributed by atoms with Crippen LogP contribution in [0.2, 0.25) is 0 Å². The zero-order valence-corrected chi connectivity index (χ0v) is 50.3. The van der Waals surface area contributed by atoms with Crippen LogP contribution in [0.15, 0.2) is 48.6 Å². The van der Waals surface area contributed by atoms with Crippen molar-refractivity contribution in [2.45, 2.75) is 361 Å². The molecule has 6 heteroatoms. The lowest BCUT2D eigenvalue weighted by Crippen LogP contribution is -2.30. The van der Waals surface area contributed by atoms with Crippen LogP contribution in [0.5, 0.6) is 0 Å². The molecule has 0 aliphatic rings. The Labute approximate surface area is 467 Å². The van der Waals surface area contributed by atoms with Gasteiger partial charge in [0.1, 0.15) is 13.2 Å². The third-order valence-corrected chi connectivity index (χ3v) is 14.8. The Morgan fingerprint density at radius 1 is 0.267 bits per heavy atom. The van der Waals surface area contributed by atoms with Gasteiger partial charge in [-0.2, -0.15) is 0 Å². The van der Waals surface area contributed by atoms with E-state index in [9.17, 15) is 14.4 Å². The molecule has 75 heavy (non-hydrogen) atoms. The summed E-state index contributed by atoms with van der Waals surface area (Å²) in [6, 6.07) is 0. The Bertz CT molecular complexity index is 1300. The second-order valence-corrected chi connectivity index (χ2v) is 22.4. The average Bonchev–Trinajstić information content (AvgIpc) is 3.41. The Morgan fingerprint density at radius 3 is 0.787 bits per heavy atom. The molecule has 1 unspecified atom stereocenters. The number of ether oxygens (including phenoxy) is 3. The average molecular weight is 1050 g/mol. The second-order valence-electron chi connectivity index (χ2n) is 22.4. The molecule has 0 saturated carbocycles. The Kier molecular flexibility index (Phi) is 61.7. The minimum Gasteiger partial charge on any atom is -0.462 e. The van der Waals surface area contributed by atoms with E-state index < -0.39 is 6.10 Å². The van der Waals surface area contributed by atoms with E-state index in [2.05, 4.69) is 69.4 Å². The van der Waals surface area contributed by atoms with Crippen LogP contribution in [0, 0.1) is 0 Å². The summed E-state index contributed by atoms with van der Waals surface area (Å²) in [5.74, 6) is -0.889. The largest absolute Gasteiger partial charge is 0.462 e. The van der Waals surface area contributed by atoms with E-state index in [-0.39, 0.29) is 31.1 Å². The summed E-state index contributed by atoms with van der Waals surface area (Å²) in [4.78, 5) is 38.3. The molecule has 0 rings (SSSR count). The molecule has 0 fully saturated rings. The maximum atomic E-state index is 12.9. The molecule has 0 aliphatic heterocycles. The minimum absolute atomic E-state index is 0.0801. The number of carbonyl (C=O) groups excluding carboxylic acids is 3. The maximum Gasteiger partial charge on any atom is 0.306 e. The summed E-state index contributed by atoms with van der Waals surface area (Å²) in [5, 5.41) is 0. The Balaban J connectivity index is 4.23. The van der Waals surface area contributed by atoms with Crippen molar-refractivity contribution < 1.29 is 28.6 Å². The first-order valence-electron chi connectivity index (χ1n) is 33.1. The van der Waals surface area contributed by atoms with Crippen LogP contribution in [-0.4, -0.2) is 37.2 Å². The number of hydrogen-bond donors (Lipinski definition) is 0. The van der Waals surface area contributed by atoms with Gasteiger partial charge < -0.3 is 14.2 Å². The summed E-state index contributed by atoms with van der Waals surface area (Å²) < 4.78 is 16.9. The summed E-state index contributed by atoms with van der Waals surface area (Å²) in [7, 11) is 0. The molecular formula is C69H126O6. The van der Waals surface area contributed by atoms with Crippen LogP contribution >= 0.6 is 0 Å². The molecule has 0 heterocycles. The van der Waals surface area contributed by atoms with E-state index in [1.807, 2.05) is 0 Å². The van der Waals surface area contributed by atoms with Gasteiger partial charge in [-0.25, -0.2) is 0 Å². The summed E-state index contributed by atoms with van der Waals surface area (Å²) in [5.41, 5.74) is 0. The normalized spacial score (nSPS) is 12.3. The van der Waals surface area contributed by atoms with Crippen LogP contribution in [0.1, 0.15) is 355 Å². The van der Waals surface area contributed by atoms with Gasteiger partial charge in [-0.1, -0.05) is 307 Å². The number of allylic oxidation sites excluding steroid dienone is 8. The van der Waals surface area contributed by atoms with Crippen LogP contribution in [-0.2, 0) is 28.6 Å². The van der Waals surface area contributed by atoms with Crippen molar-refractivity contribution in [1.82, 2.24) is 0 Å². The highest BCUT2D eigenvalue weighted by molar-refractivity contribution is 5.71. The van der Waals surface area contributed by atoms with Crippen molar-refractivity contribution >= 4 is 17.9 Å². The van der Waals surface area contributed by atoms with E-state index in [4.69, 9.17) is 14.2 Å². The smallest absolute Gasteiger partial charge is 0.306 e. The second kappa shape index (κ2) is 63.9. The van der Waals surface area contributed by atoms with Crippen molar-refractivity contribution in [2.75, 3.05) is 13.2 Å². The van der Waals surface area contributed by atoms with E-state index >= 15 is 0 Å². The highest BCUT2D eigenvalue weighted by Gasteiger charge is 2.19. The van der Waals surface area contributed by atoms with Gasteiger partial charge in [0.25, 0.3) is 0 Å². The third kappa shape index (κ3) is 62.1. The highest BCUT2D eigenvalue weighted by Crippen LogP contribution is 2.18. The highest BCUT2D eigenvalue weighted by atomic mass is 16.6. The van der Waals surface area contributed by atoms with E-state index in [0.717, 1.165) is 103 Å². The Morgan fingerprint density at radius 2 is 0.493 bits per heavy atom. The maximum absolute atomic E-state index is 12.9. The van der Waals surface area contributed by atoms with Crippen LogP contribution in [0.3, 0.4) is 0 Å². The molecule has 0 aliphatic carbocycles. The quantitative estimate of drug-likeness (QED) is 0.0261. The predicted octanol–water partition coefficient (Wildman–Crippen LogP) is 22.6. The molecule has 0 aromatic carbocycles. The number of esters is 3. The third-order valence-electron chi connectivity index (χ3n) is 14.8. The molecule has 0 aromatic rings. The van der Waals surface area contributed by atoms with E-state index in [0.29, 0.717) is 19.3 Å². The number of hydrogen-bond acceptors (Lipinski definition) is 6. The van der Waals surface area contributed by atoms with Gasteiger partial charge in [0, 0.05) is 19.3 Å². The molecule has 0 N–H and O–H groups in total. The van der Waals surface area contributed by atoms with Gasteiger partial charge in [0.05, 0.1) is 0 Å². The number of rotatable bonds is 61. The van der Waals surface area contributed by atoms with E-state index in [1.54, 1.807) is 0 Å². The van der Waals surface area contributed by atoms with Crippen molar-refractivity contribution in [2.24, 2.45) is 0 Å². The molecule has 0 amide bonds. The SMILES string of the molecule is CCCC/C=C\C/C=C\CCCCCCCC(=O)OCC(COC(=O)CCCCCCCCCCCCCCCCCCCCCCCCCCCCC)OC(=O)CCCCCCC/C=C\C/C=C\CCCCCC. The molecule has 0 saturated heterocycles. The molecule has 0 aromatic heterocycles. The van der Waals surface area contributed by atoms with Gasteiger partial charge in [-0.05, 0) is 77.0 Å². The topological polar surface area (TPSA) is 78.9 Å².